The van der Waals surface area contributed by atoms with Crippen LogP contribution in [0.5, 0.6) is 11.5 Å². The predicted octanol–water partition coefficient (Wildman–Crippen LogP) is 4.21. The van der Waals surface area contributed by atoms with Gasteiger partial charge < -0.3 is 20.1 Å². The van der Waals surface area contributed by atoms with Crippen LogP contribution in [0.25, 0.3) is 0 Å². The van der Waals surface area contributed by atoms with Crippen molar-refractivity contribution in [2.24, 2.45) is 5.41 Å². The number of nitrogens with one attached hydrogen (secondary N) is 2. The molecule has 2 aromatic carbocycles. The monoisotopic (exact) mass is 577 g/mol. The number of H-pyrrole nitrogens is 1. The molecular formula is C30H32ClN5O5. The van der Waals surface area contributed by atoms with Gasteiger partial charge in [-0.05, 0) is 82.0 Å². The second-order valence-corrected chi connectivity index (χ2v) is 11.2. The van der Waals surface area contributed by atoms with E-state index in [1.54, 1.807) is 62.9 Å². The molecule has 2 amide bonds. The van der Waals surface area contributed by atoms with Crippen LogP contribution < -0.4 is 15.6 Å². The third-order valence-electron chi connectivity index (χ3n) is 7.33. The number of hydrogen-bond donors (Lipinski definition) is 3. The molecule has 0 spiro atoms. The number of amides is 2. The van der Waals surface area contributed by atoms with Crippen LogP contribution in [0.15, 0.2) is 53.3 Å². The van der Waals surface area contributed by atoms with Gasteiger partial charge in [0.25, 0.3) is 5.91 Å². The Balaban J connectivity index is 1.57. The van der Waals surface area contributed by atoms with Gasteiger partial charge in [0.1, 0.15) is 11.8 Å². The van der Waals surface area contributed by atoms with E-state index in [9.17, 15) is 24.8 Å². The Morgan fingerprint density at radius 2 is 1.98 bits per heavy atom. The van der Waals surface area contributed by atoms with Gasteiger partial charge >= 0.3 is 5.56 Å². The lowest BCUT2D eigenvalue weighted by molar-refractivity contribution is -0.139. The van der Waals surface area contributed by atoms with Crippen molar-refractivity contribution in [1.29, 1.82) is 5.26 Å². The summed E-state index contributed by atoms with van der Waals surface area (Å²) in [5.41, 5.74) is 0.854. The Labute approximate surface area is 242 Å². The first kappa shape index (κ1) is 29.8. The number of aromatic amines is 1. The molecule has 1 unspecified atom stereocenters. The number of nitriles is 1. The predicted molar refractivity (Wildman–Crippen MR) is 153 cm³/mol. The lowest BCUT2D eigenvalue weighted by atomic mass is 9.84. The Morgan fingerprint density at radius 3 is 2.63 bits per heavy atom. The maximum atomic E-state index is 13.9. The Morgan fingerprint density at radius 1 is 1.22 bits per heavy atom. The summed E-state index contributed by atoms with van der Waals surface area (Å²) in [5.74, 6) is -0.617. The lowest BCUT2D eigenvalue weighted by Gasteiger charge is -2.38. The molecule has 0 saturated carbocycles. The van der Waals surface area contributed by atoms with Gasteiger partial charge in [-0.15, -0.1) is 0 Å². The number of nitrogens with zero attached hydrogens (tertiary/aromatic N) is 3. The van der Waals surface area contributed by atoms with E-state index in [1.807, 2.05) is 6.07 Å². The van der Waals surface area contributed by atoms with Gasteiger partial charge in [0.15, 0.2) is 5.75 Å². The average molecular weight is 578 g/mol. The molecule has 1 aromatic heterocycles. The van der Waals surface area contributed by atoms with Crippen molar-refractivity contribution in [3.05, 3.63) is 86.3 Å². The number of aryl methyl sites for hydroxylation is 2. The zero-order valence-corrected chi connectivity index (χ0v) is 24.0. The third-order valence-corrected chi connectivity index (χ3v) is 7.57. The number of rotatable bonds is 8. The number of ether oxygens (including phenoxy) is 1. The number of carbonyl (C=O) groups excluding carboxylic acids is 2. The van der Waals surface area contributed by atoms with E-state index in [-0.39, 0.29) is 17.4 Å². The zero-order chi connectivity index (χ0) is 29.9. The van der Waals surface area contributed by atoms with E-state index in [0.717, 1.165) is 5.56 Å². The number of likely N-dealkylation sites (tertiary alicyclic amines) is 1. The van der Waals surface area contributed by atoms with Crippen molar-refractivity contribution >= 4 is 23.4 Å². The van der Waals surface area contributed by atoms with Gasteiger partial charge in [-0.3, -0.25) is 14.4 Å². The molecule has 1 saturated heterocycles. The third kappa shape index (κ3) is 6.42. The summed E-state index contributed by atoms with van der Waals surface area (Å²) in [7, 11) is 0. The van der Waals surface area contributed by atoms with Crippen molar-refractivity contribution in [2.45, 2.75) is 58.7 Å². The summed E-state index contributed by atoms with van der Waals surface area (Å²) in [6, 6.07) is 13.6. The fourth-order valence-electron chi connectivity index (χ4n) is 5.13. The van der Waals surface area contributed by atoms with Gasteiger partial charge in [0.2, 0.25) is 5.91 Å². The highest BCUT2D eigenvalue weighted by molar-refractivity contribution is 6.30. The highest BCUT2D eigenvalue weighted by atomic mass is 35.5. The molecule has 1 aliphatic heterocycles. The van der Waals surface area contributed by atoms with E-state index < -0.39 is 41.5 Å². The minimum atomic E-state index is -1.24. The van der Waals surface area contributed by atoms with E-state index in [2.05, 4.69) is 21.6 Å². The van der Waals surface area contributed by atoms with Crippen molar-refractivity contribution in [2.75, 3.05) is 6.61 Å². The average Bonchev–Trinajstić information content (AvgIpc) is 3.40. The van der Waals surface area contributed by atoms with Crippen molar-refractivity contribution in [3.63, 3.8) is 0 Å². The largest absolute Gasteiger partial charge is 0.451 e. The van der Waals surface area contributed by atoms with Gasteiger partial charge in [0.05, 0.1) is 35.9 Å². The molecule has 2 heterocycles. The van der Waals surface area contributed by atoms with Gasteiger partial charge in [-0.1, -0.05) is 23.7 Å². The number of benzene rings is 2. The molecule has 3 atom stereocenters. The molecular weight excluding hydrogens is 546 g/mol. The second-order valence-electron chi connectivity index (χ2n) is 10.7. The molecule has 3 N–H and O–H groups in total. The van der Waals surface area contributed by atoms with Crippen LogP contribution in [0.3, 0.4) is 0 Å². The zero-order valence-electron chi connectivity index (χ0n) is 23.3. The Bertz CT molecular complexity index is 1560. The summed E-state index contributed by atoms with van der Waals surface area (Å²) in [4.78, 5) is 40.8. The fraction of sp³-hybridized carbons (Fsp3) is 0.367. The van der Waals surface area contributed by atoms with Crippen molar-refractivity contribution in [3.8, 4) is 17.6 Å². The number of hydrogen-bond acceptors (Lipinski definition) is 7. The maximum Gasteiger partial charge on any atom is 0.307 e. The lowest BCUT2D eigenvalue weighted by Crippen LogP contribution is -2.54. The molecule has 1 aliphatic rings. The molecule has 1 fully saturated rings. The Kier molecular flexibility index (Phi) is 8.80. The van der Waals surface area contributed by atoms with Gasteiger partial charge in [-0.25, -0.2) is 5.10 Å². The van der Waals surface area contributed by atoms with Crippen LogP contribution in [-0.2, 0) is 4.79 Å². The number of aliphatic hydroxyl groups is 1. The highest BCUT2D eigenvalue weighted by Crippen LogP contribution is 2.43. The van der Waals surface area contributed by atoms with Gasteiger partial charge in [0, 0.05) is 16.7 Å². The topological polar surface area (TPSA) is 148 Å². The quantitative estimate of drug-likeness (QED) is 0.363. The van der Waals surface area contributed by atoms with E-state index in [0.29, 0.717) is 34.9 Å². The molecule has 41 heavy (non-hydrogen) atoms. The summed E-state index contributed by atoms with van der Waals surface area (Å²) in [5, 5.41) is 29.4. The highest BCUT2D eigenvalue weighted by Gasteiger charge is 2.47. The first-order valence-corrected chi connectivity index (χ1v) is 13.6. The summed E-state index contributed by atoms with van der Waals surface area (Å²) < 4.78 is 5.73. The molecule has 0 aliphatic carbocycles. The van der Waals surface area contributed by atoms with Gasteiger partial charge in [-0.2, -0.15) is 10.4 Å². The normalized spacial score (nSPS) is 17.5. The second kappa shape index (κ2) is 12.1. The van der Waals surface area contributed by atoms with Crippen LogP contribution in [0.4, 0.5) is 0 Å². The molecule has 0 bridgehead atoms. The molecule has 3 aromatic rings. The summed E-state index contributed by atoms with van der Waals surface area (Å²) in [6.45, 7) is 6.35. The molecule has 214 valence electrons. The van der Waals surface area contributed by atoms with Crippen LogP contribution in [0, 0.1) is 30.6 Å². The smallest absolute Gasteiger partial charge is 0.307 e. The van der Waals surface area contributed by atoms with E-state index >= 15 is 0 Å². The molecule has 10 nitrogen and oxygen atoms in total. The molecule has 0 radical (unpaired) electrons. The van der Waals surface area contributed by atoms with E-state index in [4.69, 9.17) is 16.3 Å². The Hall–Kier alpha value is -4.20. The molecule has 4 rings (SSSR count). The van der Waals surface area contributed by atoms with Crippen LogP contribution in [0.1, 0.15) is 59.9 Å². The molecule has 11 heteroatoms. The first-order valence-electron chi connectivity index (χ1n) is 13.2. The summed E-state index contributed by atoms with van der Waals surface area (Å²) in [6.07, 6.45) is 1.19. The van der Waals surface area contributed by atoms with Crippen LogP contribution >= 0.6 is 11.6 Å². The fourth-order valence-corrected chi connectivity index (χ4v) is 5.33. The number of carbonyl (C=O) groups is 2. The minimum absolute atomic E-state index is 0.0680. The van der Waals surface area contributed by atoms with Crippen LogP contribution in [0.2, 0.25) is 5.02 Å². The number of aliphatic hydroxyl groups excluding tert-OH is 1. The first-order chi connectivity index (χ1) is 19.4. The maximum absolute atomic E-state index is 13.9. The number of aromatic nitrogens is 2. The SMILES string of the molecule is Cc1cc(Oc2ccc(C(=O)NC(CO)C(=O)N3[C@H](c4cccc(Cl)c4)CC[C@@H]3C(C)(C)C#N)cc2C)c(=O)[nH]n1. The van der Waals surface area contributed by atoms with E-state index in [1.165, 1.54) is 12.1 Å². The number of halogens is 1. The standard InChI is InChI=1S/C30H32ClN5O5/c1-17-12-20(8-10-24(17)41-25-13-18(2)34-35-28(25)39)27(38)33-22(15-37)29(40)36-23(19-6-5-7-21(31)14-19)9-11-26(36)30(3,4)16-32/h5-8,10,12-14,22-23,26,37H,9,11,15H2,1-4H3,(H,33,38)(H,35,39)/t22?,23-,26+/m0/s1. The van der Waals surface area contributed by atoms with Crippen molar-refractivity contribution < 1.29 is 19.4 Å². The van der Waals surface area contributed by atoms with Crippen LogP contribution in [-0.4, -0.2) is 50.7 Å². The van der Waals surface area contributed by atoms with Crippen molar-refractivity contribution in [1.82, 2.24) is 20.4 Å². The summed E-state index contributed by atoms with van der Waals surface area (Å²) >= 11 is 6.23. The minimum Gasteiger partial charge on any atom is -0.451 e.